The van der Waals surface area contributed by atoms with Gasteiger partial charge in [-0.15, -0.1) is 0 Å². The van der Waals surface area contributed by atoms with Crippen LogP contribution in [0.15, 0.2) is 18.3 Å². The zero-order valence-corrected chi connectivity index (χ0v) is 10.3. The number of pyridine rings is 1. The normalized spacial score (nSPS) is 19.3. The fourth-order valence-electron chi connectivity index (χ4n) is 1.64. The van der Waals surface area contributed by atoms with Gasteiger partial charge >= 0.3 is 0 Å². The number of nitrogens with one attached hydrogen (secondary N) is 2. The summed E-state index contributed by atoms with van der Waals surface area (Å²) in [6.45, 7) is 2.18. The van der Waals surface area contributed by atoms with Crippen molar-refractivity contribution in [1.82, 2.24) is 10.3 Å². The average molecular weight is 251 g/mol. The number of hydrogen-bond acceptors (Lipinski definition) is 5. The van der Waals surface area contributed by atoms with Gasteiger partial charge in [0.05, 0.1) is 31.5 Å². The molecule has 6 heteroatoms. The zero-order valence-electron chi connectivity index (χ0n) is 10.3. The number of nitrogens with zero attached hydrogens (tertiary/aromatic N) is 1. The monoisotopic (exact) mass is 251 g/mol. The Morgan fingerprint density at radius 3 is 3.00 bits per heavy atom. The fraction of sp³-hybridized carbons (Fsp3) is 0.500. The van der Waals surface area contributed by atoms with Crippen LogP contribution in [0.25, 0.3) is 0 Å². The Balaban J connectivity index is 1.82. The molecule has 0 saturated carbocycles. The molecule has 0 radical (unpaired) electrons. The number of ether oxygens (including phenoxy) is 2. The molecule has 2 rings (SSSR count). The summed E-state index contributed by atoms with van der Waals surface area (Å²) in [5.41, 5.74) is 0.533. The van der Waals surface area contributed by atoms with Crippen LogP contribution in [0, 0.1) is 0 Å². The molecular weight excluding hydrogens is 234 g/mol. The van der Waals surface area contributed by atoms with Crippen LogP contribution in [0.5, 0.6) is 0 Å². The smallest absolute Gasteiger partial charge is 0.252 e. The van der Waals surface area contributed by atoms with Gasteiger partial charge in [0.25, 0.3) is 5.91 Å². The van der Waals surface area contributed by atoms with Gasteiger partial charge in [0, 0.05) is 19.8 Å². The number of rotatable bonds is 4. The highest BCUT2D eigenvalue weighted by atomic mass is 16.6. The second kappa shape index (κ2) is 6.32. The van der Waals surface area contributed by atoms with E-state index in [2.05, 4.69) is 15.6 Å². The first-order chi connectivity index (χ1) is 8.79. The predicted molar refractivity (Wildman–Crippen MR) is 66.7 cm³/mol. The van der Waals surface area contributed by atoms with Crippen LogP contribution in [0.3, 0.4) is 0 Å². The molecule has 1 aromatic rings. The minimum absolute atomic E-state index is 0.0627. The molecule has 2 heterocycles. The molecule has 1 aliphatic heterocycles. The molecule has 18 heavy (non-hydrogen) atoms. The Morgan fingerprint density at radius 2 is 2.39 bits per heavy atom. The van der Waals surface area contributed by atoms with E-state index in [4.69, 9.17) is 9.47 Å². The molecule has 0 aliphatic carbocycles. The van der Waals surface area contributed by atoms with Gasteiger partial charge in [0.1, 0.15) is 5.82 Å². The number of amides is 1. The number of carbonyl (C=O) groups excluding carboxylic acids is 1. The summed E-state index contributed by atoms with van der Waals surface area (Å²) in [7, 11) is 1.78. The van der Waals surface area contributed by atoms with Crippen LogP contribution in [0.4, 0.5) is 5.82 Å². The molecule has 1 aromatic heterocycles. The van der Waals surface area contributed by atoms with Gasteiger partial charge in [-0.2, -0.15) is 0 Å². The lowest BCUT2D eigenvalue weighted by Gasteiger charge is -2.23. The van der Waals surface area contributed by atoms with Crippen LogP contribution in [-0.4, -0.2) is 50.4 Å². The quantitative estimate of drug-likeness (QED) is 0.803. The number of carbonyl (C=O) groups is 1. The van der Waals surface area contributed by atoms with Crippen molar-refractivity contribution in [1.29, 1.82) is 0 Å². The van der Waals surface area contributed by atoms with Gasteiger partial charge in [0.15, 0.2) is 0 Å². The van der Waals surface area contributed by atoms with Crippen LogP contribution >= 0.6 is 0 Å². The van der Waals surface area contributed by atoms with Crippen LogP contribution in [-0.2, 0) is 9.47 Å². The van der Waals surface area contributed by atoms with Gasteiger partial charge < -0.3 is 20.1 Å². The van der Waals surface area contributed by atoms with Crippen LogP contribution < -0.4 is 10.6 Å². The third-order valence-electron chi connectivity index (χ3n) is 2.66. The Kier molecular flexibility index (Phi) is 4.49. The summed E-state index contributed by atoms with van der Waals surface area (Å²) in [4.78, 5) is 15.9. The summed E-state index contributed by atoms with van der Waals surface area (Å²) in [6.07, 6.45) is 1.48. The van der Waals surface area contributed by atoms with E-state index in [9.17, 15) is 4.79 Å². The summed E-state index contributed by atoms with van der Waals surface area (Å²) < 4.78 is 10.7. The first kappa shape index (κ1) is 12.8. The average Bonchev–Trinajstić information content (AvgIpc) is 2.46. The SMILES string of the molecule is CNc1ccc(C(=O)NCC2COCCO2)cn1. The predicted octanol–water partition coefficient (Wildman–Crippen LogP) is 0.268. The van der Waals surface area contributed by atoms with E-state index < -0.39 is 0 Å². The van der Waals surface area contributed by atoms with Gasteiger partial charge in [-0.1, -0.05) is 0 Å². The second-order valence-electron chi connectivity index (χ2n) is 3.96. The van der Waals surface area contributed by atoms with Crippen molar-refractivity contribution in [2.75, 3.05) is 38.7 Å². The van der Waals surface area contributed by atoms with E-state index >= 15 is 0 Å². The van der Waals surface area contributed by atoms with Gasteiger partial charge in [-0.25, -0.2) is 4.98 Å². The van der Waals surface area contributed by atoms with E-state index in [1.165, 1.54) is 0 Å². The number of anilines is 1. The van der Waals surface area contributed by atoms with Crippen molar-refractivity contribution in [3.05, 3.63) is 23.9 Å². The van der Waals surface area contributed by atoms with E-state index in [0.29, 0.717) is 31.9 Å². The van der Waals surface area contributed by atoms with Crippen molar-refractivity contribution >= 4 is 11.7 Å². The molecule has 0 spiro atoms. The molecule has 1 atom stereocenters. The maximum atomic E-state index is 11.8. The highest BCUT2D eigenvalue weighted by molar-refractivity contribution is 5.94. The Morgan fingerprint density at radius 1 is 1.50 bits per heavy atom. The molecular formula is C12H17N3O3. The number of aromatic nitrogens is 1. The Bertz CT molecular complexity index is 388. The molecule has 1 fully saturated rings. The van der Waals surface area contributed by atoms with E-state index in [1.807, 2.05) is 0 Å². The molecule has 0 aromatic carbocycles. The van der Waals surface area contributed by atoms with Crippen molar-refractivity contribution in [2.24, 2.45) is 0 Å². The first-order valence-electron chi connectivity index (χ1n) is 5.91. The topological polar surface area (TPSA) is 72.5 Å². The maximum absolute atomic E-state index is 11.8. The Hall–Kier alpha value is -1.66. The molecule has 1 amide bonds. The van der Waals surface area contributed by atoms with Crippen molar-refractivity contribution < 1.29 is 14.3 Å². The zero-order chi connectivity index (χ0) is 12.8. The number of hydrogen-bond donors (Lipinski definition) is 2. The van der Waals surface area contributed by atoms with Crippen LogP contribution in [0.2, 0.25) is 0 Å². The van der Waals surface area contributed by atoms with Crippen molar-refractivity contribution in [2.45, 2.75) is 6.10 Å². The lowest BCUT2D eigenvalue weighted by molar-refractivity contribution is -0.0855. The summed E-state index contributed by atoms with van der Waals surface area (Å²) in [6, 6.07) is 3.49. The molecule has 0 bridgehead atoms. The molecule has 2 N–H and O–H groups in total. The third-order valence-corrected chi connectivity index (χ3v) is 2.66. The first-order valence-corrected chi connectivity index (χ1v) is 5.91. The summed E-state index contributed by atoms with van der Waals surface area (Å²) in [5, 5.41) is 5.70. The van der Waals surface area contributed by atoms with E-state index in [-0.39, 0.29) is 12.0 Å². The summed E-state index contributed by atoms with van der Waals surface area (Å²) in [5.74, 6) is 0.579. The third kappa shape index (κ3) is 3.41. The molecule has 6 nitrogen and oxygen atoms in total. The second-order valence-corrected chi connectivity index (χ2v) is 3.96. The fourth-order valence-corrected chi connectivity index (χ4v) is 1.64. The minimum atomic E-state index is -0.153. The van der Waals surface area contributed by atoms with E-state index in [0.717, 1.165) is 5.82 Å². The molecule has 98 valence electrons. The lowest BCUT2D eigenvalue weighted by atomic mass is 10.2. The van der Waals surface area contributed by atoms with Crippen molar-refractivity contribution in [3.63, 3.8) is 0 Å². The van der Waals surface area contributed by atoms with Gasteiger partial charge in [-0.3, -0.25) is 4.79 Å². The molecule has 1 unspecified atom stereocenters. The molecule has 1 aliphatic rings. The van der Waals surface area contributed by atoms with Crippen molar-refractivity contribution in [3.8, 4) is 0 Å². The standard InChI is InChI=1S/C12H17N3O3/c1-13-11-3-2-9(6-14-11)12(16)15-7-10-8-17-4-5-18-10/h2-3,6,10H,4-5,7-8H2,1H3,(H,13,14)(H,15,16). The maximum Gasteiger partial charge on any atom is 0.252 e. The minimum Gasteiger partial charge on any atom is -0.376 e. The van der Waals surface area contributed by atoms with Gasteiger partial charge in [-0.05, 0) is 12.1 Å². The van der Waals surface area contributed by atoms with Crippen LogP contribution in [0.1, 0.15) is 10.4 Å². The highest BCUT2D eigenvalue weighted by Gasteiger charge is 2.15. The van der Waals surface area contributed by atoms with E-state index in [1.54, 1.807) is 25.4 Å². The molecule has 1 saturated heterocycles. The summed E-state index contributed by atoms with van der Waals surface area (Å²) >= 11 is 0. The largest absolute Gasteiger partial charge is 0.376 e. The van der Waals surface area contributed by atoms with Gasteiger partial charge in [0.2, 0.25) is 0 Å². The lowest BCUT2D eigenvalue weighted by Crippen LogP contribution is -2.39. The highest BCUT2D eigenvalue weighted by Crippen LogP contribution is 2.04. The Labute approximate surface area is 106 Å².